The smallest absolute Gasteiger partial charge is 0.255 e. The average molecular weight is 577 g/mol. The van der Waals surface area contributed by atoms with Crippen LogP contribution in [-0.2, 0) is 0 Å². The van der Waals surface area contributed by atoms with Gasteiger partial charge in [-0.1, -0.05) is 21.6 Å². The second kappa shape index (κ2) is 13.7. The second-order valence-electron chi connectivity index (χ2n) is 8.26. The third-order valence-electron chi connectivity index (χ3n) is 5.75. The SMILES string of the molecule is COc1ccc(C(=O)Nc2ccc(SSc3ccc(NC(=O)c4ccc(OC)c(OC)c4)cc3)cc2)cc1OC. The van der Waals surface area contributed by atoms with Crippen LogP contribution in [0.2, 0.25) is 0 Å². The zero-order chi connectivity index (χ0) is 28.5. The molecule has 0 atom stereocenters. The molecule has 2 N–H and O–H groups in total. The summed E-state index contributed by atoms with van der Waals surface area (Å²) in [7, 11) is 9.34. The molecule has 4 aromatic rings. The van der Waals surface area contributed by atoms with E-state index in [0.29, 0.717) is 45.5 Å². The van der Waals surface area contributed by atoms with Crippen molar-refractivity contribution in [1.82, 2.24) is 0 Å². The standard InChI is InChI=1S/C30H28N2O6S2/c1-35-25-15-5-19(17-27(25)37-3)29(33)31-21-7-11-23(12-8-21)39-40-24-13-9-22(10-14-24)32-30(34)20-6-16-26(36-2)28(18-20)38-4/h5-18H,1-4H3,(H,31,33)(H,32,34). The van der Waals surface area contributed by atoms with E-state index in [1.165, 1.54) is 14.2 Å². The zero-order valence-electron chi connectivity index (χ0n) is 22.3. The van der Waals surface area contributed by atoms with Gasteiger partial charge in [-0.3, -0.25) is 9.59 Å². The molecule has 0 heterocycles. The first-order valence-electron chi connectivity index (χ1n) is 12.1. The number of hydrogen-bond acceptors (Lipinski definition) is 8. The van der Waals surface area contributed by atoms with E-state index in [2.05, 4.69) is 10.6 Å². The number of amides is 2. The topological polar surface area (TPSA) is 95.1 Å². The van der Waals surface area contributed by atoms with Crippen molar-refractivity contribution in [3.8, 4) is 23.0 Å². The van der Waals surface area contributed by atoms with Crippen molar-refractivity contribution in [2.75, 3.05) is 39.1 Å². The van der Waals surface area contributed by atoms with Gasteiger partial charge in [0.25, 0.3) is 11.8 Å². The average Bonchev–Trinajstić information content (AvgIpc) is 3.00. The maximum Gasteiger partial charge on any atom is 0.255 e. The van der Waals surface area contributed by atoms with Crippen molar-refractivity contribution in [3.05, 3.63) is 96.1 Å². The Balaban J connectivity index is 1.29. The van der Waals surface area contributed by atoms with Gasteiger partial charge in [0, 0.05) is 32.3 Å². The highest BCUT2D eigenvalue weighted by Gasteiger charge is 2.13. The van der Waals surface area contributed by atoms with E-state index in [9.17, 15) is 9.59 Å². The van der Waals surface area contributed by atoms with Crippen LogP contribution in [0.1, 0.15) is 20.7 Å². The molecular weight excluding hydrogens is 548 g/mol. The van der Waals surface area contributed by atoms with E-state index in [-0.39, 0.29) is 11.8 Å². The monoisotopic (exact) mass is 576 g/mol. The number of anilines is 2. The van der Waals surface area contributed by atoms with Gasteiger partial charge in [-0.15, -0.1) is 0 Å². The Morgan fingerprint density at radius 2 is 0.850 bits per heavy atom. The molecule has 0 spiro atoms. The summed E-state index contributed by atoms with van der Waals surface area (Å²) >= 11 is 0. The number of benzene rings is 4. The Labute approximate surface area is 240 Å². The van der Waals surface area contributed by atoms with Crippen molar-refractivity contribution in [2.24, 2.45) is 0 Å². The van der Waals surface area contributed by atoms with Gasteiger partial charge in [-0.05, 0) is 84.9 Å². The molecule has 4 aromatic carbocycles. The minimum atomic E-state index is -0.242. The number of hydrogen-bond donors (Lipinski definition) is 2. The summed E-state index contributed by atoms with van der Waals surface area (Å²) in [6.45, 7) is 0. The van der Waals surface area contributed by atoms with E-state index in [1.54, 1.807) is 72.2 Å². The molecule has 0 radical (unpaired) electrons. The maximum atomic E-state index is 12.7. The number of ether oxygens (including phenoxy) is 4. The fourth-order valence-electron chi connectivity index (χ4n) is 3.65. The van der Waals surface area contributed by atoms with Crippen LogP contribution in [0.4, 0.5) is 11.4 Å². The molecule has 4 rings (SSSR count). The van der Waals surface area contributed by atoms with Crippen LogP contribution >= 0.6 is 21.6 Å². The van der Waals surface area contributed by atoms with Crippen molar-refractivity contribution in [1.29, 1.82) is 0 Å². The zero-order valence-corrected chi connectivity index (χ0v) is 24.0. The van der Waals surface area contributed by atoms with Gasteiger partial charge in [-0.2, -0.15) is 0 Å². The van der Waals surface area contributed by atoms with Crippen LogP contribution in [0, 0.1) is 0 Å². The number of methoxy groups -OCH3 is 4. The van der Waals surface area contributed by atoms with Crippen molar-refractivity contribution >= 4 is 44.8 Å². The minimum absolute atomic E-state index is 0.242. The van der Waals surface area contributed by atoms with Crippen LogP contribution in [0.5, 0.6) is 23.0 Å². The summed E-state index contributed by atoms with van der Waals surface area (Å²) in [5.74, 6) is 1.63. The molecule has 206 valence electrons. The first-order chi connectivity index (χ1) is 19.4. The van der Waals surface area contributed by atoms with Crippen LogP contribution in [0.3, 0.4) is 0 Å². The molecule has 0 fully saturated rings. The largest absolute Gasteiger partial charge is 0.493 e. The first kappa shape index (κ1) is 28.7. The van der Waals surface area contributed by atoms with E-state index >= 15 is 0 Å². The predicted octanol–water partition coefficient (Wildman–Crippen LogP) is 7.03. The maximum absolute atomic E-state index is 12.7. The Bertz CT molecular complexity index is 1360. The van der Waals surface area contributed by atoms with Crippen molar-refractivity contribution < 1.29 is 28.5 Å². The lowest BCUT2D eigenvalue weighted by molar-refractivity contribution is 0.101. The molecule has 0 aliphatic heterocycles. The third-order valence-corrected chi connectivity index (χ3v) is 8.17. The quantitative estimate of drug-likeness (QED) is 0.184. The van der Waals surface area contributed by atoms with Gasteiger partial charge in [-0.25, -0.2) is 0 Å². The van der Waals surface area contributed by atoms with Crippen LogP contribution in [-0.4, -0.2) is 40.3 Å². The molecule has 0 aliphatic carbocycles. The summed E-state index contributed by atoms with van der Waals surface area (Å²) in [6, 6.07) is 25.2. The third kappa shape index (κ3) is 7.22. The number of carbonyl (C=O) groups is 2. The predicted molar refractivity (Wildman–Crippen MR) is 160 cm³/mol. The highest BCUT2D eigenvalue weighted by molar-refractivity contribution is 8.76. The summed E-state index contributed by atoms with van der Waals surface area (Å²) in [4.78, 5) is 27.4. The highest BCUT2D eigenvalue weighted by Crippen LogP contribution is 2.38. The fraction of sp³-hybridized carbons (Fsp3) is 0.133. The lowest BCUT2D eigenvalue weighted by atomic mass is 10.2. The number of nitrogens with one attached hydrogen (secondary N) is 2. The Kier molecular flexibility index (Phi) is 9.82. The summed E-state index contributed by atoms with van der Waals surface area (Å²) < 4.78 is 21.0. The first-order valence-corrected chi connectivity index (χ1v) is 14.2. The Morgan fingerprint density at radius 3 is 1.18 bits per heavy atom. The van der Waals surface area contributed by atoms with Crippen LogP contribution < -0.4 is 29.6 Å². The molecular formula is C30H28N2O6S2. The van der Waals surface area contributed by atoms with Crippen molar-refractivity contribution in [3.63, 3.8) is 0 Å². The Morgan fingerprint density at radius 1 is 0.500 bits per heavy atom. The lowest BCUT2D eigenvalue weighted by Crippen LogP contribution is -2.12. The van der Waals surface area contributed by atoms with Gasteiger partial charge in [0.05, 0.1) is 28.4 Å². The minimum Gasteiger partial charge on any atom is -0.493 e. The Hall–Kier alpha value is -4.28. The van der Waals surface area contributed by atoms with Gasteiger partial charge >= 0.3 is 0 Å². The van der Waals surface area contributed by atoms with Crippen LogP contribution in [0.15, 0.2) is 94.7 Å². The lowest BCUT2D eigenvalue weighted by Gasteiger charge is -2.11. The highest BCUT2D eigenvalue weighted by atomic mass is 33.1. The van der Waals surface area contributed by atoms with E-state index in [0.717, 1.165) is 9.79 Å². The van der Waals surface area contributed by atoms with Gasteiger partial charge in [0.1, 0.15) is 0 Å². The van der Waals surface area contributed by atoms with E-state index in [4.69, 9.17) is 18.9 Å². The molecule has 0 unspecified atom stereocenters. The molecule has 40 heavy (non-hydrogen) atoms. The molecule has 8 nitrogen and oxygen atoms in total. The molecule has 0 saturated heterocycles. The summed E-state index contributed by atoms with van der Waals surface area (Å²) in [5, 5.41) is 5.79. The fourth-order valence-corrected chi connectivity index (χ4v) is 5.58. The molecule has 0 aromatic heterocycles. The number of rotatable bonds is 11. The number of carbonyl (C=O) groups excluding carboxylic acids is 2. The normalized spacial score (nSPS) is 10.4. The second-order valence-corrected chi connectivity index (χ2v) is 10.5. The summed E-state index contributed by atoms with van der Waals surface area (Å²) in [6.07, 6.45) is 0. The van der Waals surface area contributed by atoms with Crippen molar-refractivity contribution in [2.45, 2.75) is 9.79 Å². The molecule has 0 aliphatic rings. The molecule has 0 saturated carbocycles. The molecule has 10 heteroatoms. The van der Waals surface area contributed by atoms with Gasteiger partial charge in [0.2, 0.25) is 0 Å². The molecule has 2 amide bonds. The molecule has 0 bridgehead atoms. The van der Waals surface area contributed by atoms with Gasteiger partial charge < -0.3 is 29.6 Å². The van der Waals surface area contributed by atoms with E-state index in [1.807, 2.05) is 48.5 Å². The van der Waals surface area contributed by atoms with Gasteiger partial charge in [0.15, 0.2) is 23.0 Å². The summed E-state index contributed by atoms with van der Waals surface area (Å²) in [5.41, 5.74) is 2.30. The van der Waals surface area contributed by atoms with Crippen LogP contribution in [0.25, 0.3) is 0 Å². The van der Waals surface area contributed by atoms with E-state index < -0.39 is 0 Å².